The third-order valence-corrected chi connectivity index (χ3v) is 5.22. The zero-order valence-electron chi connectivity index (χ0n) is 11.7. The average Bonchev–Trinajstić information content (AvgIpc) is 2.84. The van der Waals surface area contributed by atoms with Gasteiger partial charge in [-0.2, -0.15) is 0 Å². The molecule has 7 heteroatoms. The summed E-state index contributed by atoms with van der Waals surface area (Å²) in [5.74, 6) is 0. The number of aliphatic hydroxyl groups is 2. The van der Waals surface area contributed by atoms with Gasteiger partial charge in [-0.1, -0.05) is 12.8 Å². The Morgan fingerprint density at radius 3 is 2.70 bits per heavy atom. The van der Waals surface area contributed by atoms with Crippen LogP contribution in [0.2, 0.25) is 0 Å². The van der Waals surface area contributed by atoms with Crippen LogP contribution in [0.3, 0.4) is 0 Å². The second-order valence-corrected chi connectivity index (χ2v) is 6.36. The molecule has 1 fully saturated rings. The zero-order valence-corrected chi connectivity index (χ0v) is 12.5. The second kappa shape index (κ2) is 6.07. The Morgan fingerprint density at radius 1 is 1.50 bits per heavy atom. The van der Waals surface area contributed by atoms with Crippen molar-refractivity contribution in [3.8, 4) is 0 Å². The molecule has 0 saturated heterocycles. The molecule has 0 amide bonds. The highest BCUT2D eigenvalue weighted by Crippen LogP contribution is 2.41. The van der Waals surface area contributed by atoms with E-state index in [1.807, 2.05) is 0 Å². The normalized spacial score (nSPS) is 24.4. The van der Waals surface area contributed by atoms with Crippen LogP contribution < -0.4 is 4.90 Å². The van der Waals surface area contributed by atoms with E-state index in [0.29, 0.717) is 9.88 Å². The van der Waals surface area contributed by atoms with E-state index in [0.717, 1.165) is 25.7 Å². The molecule has 1 aliphatic rings. The molecule has 6 nitrogen and oxygen atoms in total. The van der Waals surface area contributed by atoms with Gasteiger partial charge >= 0.3 is 5.69 Å². The minimum Gasteiger partial charge on any atom is -0.391 e. The van der Waals surface area contributed by atoms with E-state index in [1.165, 1.54) is 17.4 Å². The summed E-state index contributed by atoms with van der Waals surface area (Å²) in [7, 11) is 1.78. The molecule has 1 aromatic heterocycles. The standard InChI is InChI=1S/C13H20N2O4S/c1-8(16)12-7-10(15(18)19)13(20-12)14(2)9-5-3-4-6-11(9)17/h7-9,11,16-17H,3-6H2,1-2H3/t8-,9?,11?/m1/s1. The maximum Gasteiger partial charge on any atom is 0.304 e. The van der Waals surface area contributed by atoms with Crippen molar-refractivity contribution < 1.29 is 15.1 Å². The molecule has 2 unspecified atom stereocenters. The van der Waals surface area contributed by atoms with Crippen molar-refractivity contribution in [2.24, 2.45) is 0 Å². The summed E-state index contributed by atoms with van der Waals surface area (Å²) in [5.41, 5.74) is 0.00572. The first-order valence-corrected chi connectivity index (χ1v) is 7.60. The maximum atomic E-state index is 11.2. The molecule has 0 aliphatic heterocycles. The minimum atomic E-state index is -0.725. The smallest absolute Gasteiger partial charge is 0.304 e. The minimum absolute atomic E-state index is 0.00572. The highest BCUT2D eigenvalue weighted by molar-refractivity contribution is 7.16. The van der Waals surface area contributed by atoms with Crippen molar-refractivity contribution in [2.75, 3.05) is 11.9 Å². The van der Waals surface area contributed by atoms with Gasteiger partial charge in [-0.05, 0) is 19.8 Å². The fourth-order valence-corrected chi connectivity index (χ4v) is 3.76. The SMILES string of the molecule is C[C@@H](O)c1cc([N+](=O)[O-])c(N(C)C2CCCCC2O)s1. The fourth-order valence-electron chi connectivity index (χ4n) is 2.67. The summed E-state index contributed by atoms with van der Waals surface area (Å²) in [4.78, 5) is 13.1. The highest BCUT2D eigenvalue weighted by atomic mass is 32.1. The predicted octanol–water partition coefficient (Wildman–Crippen LogP) is 2.45. The summed E-state index contributed by atoms with van der Waals surface area (Å²) < 4.78 is 0. The lowest BCUT2D eigenvalue weighted by Crippen LogP contribution is -2.43. The Morgan fingerprint density at radius 2 is 2.15 bits per heavy atom. The first-order valence-electron chi connectivity index (χ1n) is 6.79. The van der Waals surface area contributed by atoms with Gasteiger partial charge in [-0.3, -0.25) is 10.1 Å². The van der Waals surface area contributed by atoms with E-state index in [-0.39, 0.29) is 11.7 Å². The van der Waals surface area contributed by atoms with Crippen LogP contribution in [-0.4, -0.2) is 34.3 Å². The molecule has 1 aliphatic carbocycles. The molecule has 0 bridgehead atoms. The van der Waals surface area contributed by atoms with Crippen molar-refractivity contribution in [1.29, 1.82) is 0 Å². The first kappa shape index (κ1) is 15.2. The topological polar surface area (TPSA) is 86.8 Å². The van der Waals surface area contributed by atoms with E-state index < -0.39 is 17.1 Å². The summed E-state index contributed by atoms with van der Waals surface area (Å²) >= 11 is 1.22. The van der Waals surface area contributed by atoms with E-state index in [2.05, 4.69) is 0 Å². The molecule has 2 N–H and O–H groups in total. The van der Waals surface area contributed by atoms with Gasteiger partial charge in [0, 0.05) is 18.0 Å². The molecule has 112 valence electrons. The number of nitrogens with zero attached hydrogens (tertiary/aromatic N) is 2. The van der Waals surface area contributed by atoms with Crippen LogP contribution in [0.4, 0.5) is 10.7 Å². The van der Waals surface area contributed by atoms with E-state index in [9.17, 15) is 20.3 Å². The molecule has 1 aromatic rings. The summed E-state index contributed by atoms with van der Waals surface area (Å²) in [6.07, 6.45) is 2.40. The molecule has 0 aromatic carbocycles. The Balaban J connectivity index is 2.32. The molecule has 0 spiro atoms. The van der Waals surface area contributed by atoms with Gasteiger partial charge in [0.05, 0.1) is 23.2 Å². The first-order chi connectivity index (χ1) is 9.41. The summed E-state index contributed by atoms with van der Waals surface area (Å²) in [5, 5.41) is 31.4. The maximum absolute atomic E-state index is 11.2. The van der Waals surface area contributed by atoms with E-state index in [4.69, 9.17) is 0 Å². The van der Waals surface area contributed by atoms with Gasteiger partial charge in [0.1, 0.15) is 0 Å². The van der Waals surface area contributed by atoms with E-state index >= 15 is 0 Å². The Hall–Kier alpha value is -1.18. The van der Waals surface area contributed by atoms with Crippen LogP contribution >= 0.6 is 11.3 Å². The Bertz CT molecular complexity index is 489. The highest BCUT2D eigenvalue weighted by Gasteiger charge is 2.32. The van der Waals surface area contributed by atoms with Gasteiger partial charge in [-0.25, -0.2) is 0 Å². The van der Waals surface area contributed by atoms with Crippen molar-refractivity contribution in [3.05, 3.63) is 21.1 Å². The molecule has 0 radical (unpaired) electrons. The Kier molecular flexibility index (Phi) is 4.62. The van der Waals surface area contributed by atoms with Gasteiger partial charge in [0.15, 0.2) is 5.00 Å². The Labute approximate surface area is 121 Å². The number of nitro groups is 1. The number of thiophene rings is 1. The average molecular weight is 300 g/mol. The van der Waals surface area contributed by atoms with Crippen LogP contribution in [-0.2, 0) is 0 Å². The van der Waals surface area contributed by atoms with Gasteiger partial charge in [-0.15, -0.1) is 11.3 Å². The van der Waals surface area contributed by atoms with Crippen molar-refractivity contribution in [3.63, 3.8) is 0 Å². The van der Waals surface area contributed by atoms with Crippen LogP contribution in [0.25, 0.3) is 0 Å². The monoisotopic (exact) mass is 300 g/mol. The summed E-state index contributed by atoms with van der Waals surface area (Å²) in [6.45, 7) is 1.59. The summed E-state index contributed by atoms with van der Waals surface area (Å²) in [6, 6.07) is 1.33. The number of likely N-dealkylation sites (N-methyl/N-ethyl adjacent to an activating group) is 1. The van der Waals surface area contributed by atoms with Crippen molar-refractivity contribution >= 4 is 22.0 Å². The van der Waals surface area contributed by atoms with Crippen LogP contribution in [0, 0.1) is 10.1 Å². The molecule has 1 heterocycles. The zero-order chi connectivity index (χ0) is 14.9. The molecule has 3 atom stereocenters. The third-order valence-electron chi connectivity index (χ3n) is 3.83. The van der Waals surface area contributed by atoms with Gasteiger partial charge in [0.2, 0.25) is 0 Å². The van der Waals surface area contributed by atoms with Crippen molar-refractivity contribution in [2.45, 2.75) is 50.9 Å². The lowest BCUT2D eigenvalue weighted by molar-refractivity contribution is -0.383. The molecule has 1 saturated carbocycles. The van der Waals surface area contributed by atoms with E-state index in [1.54, 1.807) is 18.9 Å². The number of rotatable bonds is 4. The van der Waals surface area contributed by atoms with Crippen LogP contribution in [0.5, 0.6) is 0 Å². The fraction of sp³-hybridized carbons (Fsp3) is 0.692. The number of hydrogen-bond acceptors (Lipinski definition) is 6. The second-order valence-electron chi connectivity index (χ2n) is 5.30. The largest absolute Gasteiger partial charge is 0.391 e. The van der Waals surface area contributed by atoms with Crippen molar-refractivity contribution in [1.82, 2.24) is 0 Å². The number of hydrogen-bond donors (Lipinski definition) is 2. The molecular weight excluding hydrogens is 280 g/mol. The molecular formula is C13H20N2O4S. The predicted molar refractivity (Wildman–Crippen MR) is 78.3 cm³/mol. The quantitative estimate of drug-likeness (QED) is 0.659. The van der Waals surface area contributed by atoms with Gasteiger partial charge in [0.25, 0.3) is 0 Å². The lowest BCUT2D eigenvalue weighted by Gasteiger charge is -2.35. The third kappa shape index (κ3) is 2.94. The number of aliphatic hydroxyl groups excluding tert-OH is 2. The number of anilines is 1. The molecule has 2 rings (SSSR count). The van der Waals surface area contributed by atoms with Gasteiger partial charge < -0.3 is 15.1 Å². The molecule has 20 heavy (non-hydrogen) atoms. The van der Waals surface area contributed by atoms with Crippen LogP contribution in [0.15, 0.2) is 6.07 Å². The van der Waals surface area contributed by atoms with Crippen LogP contribution in [0.1, 0.15) is 43.6 Å². The lowest BCUT2D eigenvalue weighted by atomic mass is 9.92.